The number of nitrogens with zero attached hydrogens (tertiary/aromatic N) is 4. The summed E-state index contributed by atoms with van der Waals surface area (Å²) in [6.07, 6.45) is 8.44. The van der Waals surface area contributed by atoms with Crippen molar-refractivity contribution in [3.8, 4) is 6.01 Å². The lowest BCUT2D eigenvalue weighted by molar-refractivity contribution is 0.189. The first-order valence-electron chi connectivity index (χ1n) is 8.12. The van der Waals surface area contributed by atoms with Gasteiger partial charge in [-0.3, -0.25) is 0 Å². The maximum atomic E-state index is 5.81. The Morgan fingerprint density at radius 1 is 1.14 bits per heavy atom. The van der Waals surface area contributed by atoms with Gasteiger partial charge in [-0.1, -0.05) is 26.2 Å². The van der Waals surface area contributed by atoms with Gasteiger partial charge in [0, 0.05) is 13.1 Å². The summed E-state index contributed by atoms with van der Waals surface area (Å²) >= 11 is 0. The van der Waals surface area contributed by atoms with Crippen molar-refractivity contribution in [3.05, 3.63) is 0 Å². The highest BCUT2D eigenvalue weighted by atomic mass is 16.5. The largest absolute Gasteiger partial charge is 0.460 e. The van der Waals surface area contributed by atoms with E-state index in [0.717, 1.165) is 19.5 Å². The molecule has 1 aromatic heterocycles. The third-order valence-corrected chi connectivity index (χ3v) is 3.78. The fourth-order valence-corrected chi connectivity index (χ4v) is 2.57. The zero-order chi connectivity index (χ0) is 15.1. The van der Waals surface area contributed by atoms with E-state index in [1.165, 1.54) is 38.5 Å². The topological polar surface area (TPSA) is 77.2 Å². The van der Waals surface area contributed by atoms with Crippen molar-refractivity contribution in [3.63, 3.8) is 0 Å². The molecule has 1 fully saturated rings. The molecule has 1 unspecified atom stereocenters. The Balaban J connectivity index is 1.89. The average Bonchev–Trinajstić information content (AvgIpc) is 2.97. The van der Waals surface area contributed by atoms with Gasteiger partial charge in [0.1, 0.15) is 0 Å². The molecule has 1 aromatic rings. The Morgan fingerprint density at radius 3 is 2.62 bits per heavy atom. The van der Waals surface area contributed by atoms with Gasteiger partial charge in [0.2, 0.25) is 11.9 Å². The molecule has 0 bridgehead atoms. The van der Waals surface area contributed by atoms with E-state index in [1.54, 1.807) is 0 Å². The fourth-order valence-electron chi connectivity index (χ4n) is 2.57. The maximum Gasteiger partial charge on any atom is 0.323 e. The molecule has 2 rings (SSSR count). The van der Waals surface area contributed by atoms with E-state index >= 15 is 0 Å². The quantitative estimate of drug-likeness (QED) is 0.743. The highest BCUT2D eigenvalue weighted by molar-refractivity contribution is 5.36. The van der Waals surface area contributed by atoms with Crippen LogP contribution in [0.15, 0.2) is 0 Å². The smallest absolute Gasteiger partial charge is 0.323 e. The number of ether oxygens (including phenoxy) is 1. The zero-order valence-electron chi connectivity index (χ0n) is 13.2. The van der Waals surface area contributed by atoms with Crippen molar-refractivity contribution in [2.45, 2.75) is 64.9 Å². The van der Waals surface area contributed by atoms with E-state index in [0.29, 0.717) is 12.0 Å². The van der Waals surface area contributed by atoms with E-state index in [2.05, 4.69) is 33.7 Å². The van der Waals surface area contributed by atoms with Crippen LogP contribution in [-0.4, -0.2) is 34.1 Å². The summed E-state index contributed by atoms with van der Waals surface area (Å²) in [7, 11) is 0. The van der Waals surface area contributed by atoms with Gasteiger partial charge in [-0.25, -0.2) is 0 Å². The molecule has 6 heteroatoms. The number of nitrogen functional groups attached to an aromatic ring is 1. The van der Waals surface area contributed by atoms with Gasteiger partial charge in [0.25, 0.3) is 0 Å². The first-order chi connectivity index (χ1) is 10.2. The molecule has 6 nitrogen and oxygen atoms in total. The van der Waals surface area contributed by atoms with Crippen molar-refractivity contribution >= 4 is 11.9 Å². The van der Waals surface area contributed by atoms with Gasteiger partial charge < -0.3 is 15.4 Å². The number of anilines is 2. The highest BCUT2D eigenvalue weighted by Gasteiger charge is 2.18. The molecule has 2 N–H and O–H groups in total. The van der Waals surface area contributed by atoms with Crippen LogP contribution in [0, 0.1) is 0 Å². The SMILES string of the molecule is CCCCCCC(C)Oc1nc(N)nc(N2CCCC2)n1. The van der Waals surface area contributed by atoms with Gasteiger partial charge in [0.05, 0.1) is 6.10 Å². The minimum atomic E-state index is 0.107. The Kier molecular flexibility index (Phi) is 6.02. The molecule has 2 heterocycles. The van der Waals surface area contributed by atoms with Crippen LogP contribution in [0.25, 0.3) is 0 Å². The van der Waals surface area contributed by atoms with Crippen LogP contribution in [0.3, 0.4) is 0 Å². The highest BCUT2D eigenvalue weighted by Crippen LogP contribution is 2.19. The second kappa shape index (κ2) is 8.00. The monoisotopic (exact) mass is 293 g/mol. The standard InChI is InChI=1S/C15H27N5O/c1-3-4-5-6-9-12(2)21-15-18-13(16)17-14(19-15)20-10-7-8-11-20/h12H,3-11H2,1-2H3,(H2,16,17,18,19). The molecule has 1 aliphatic rings. The van der Waals surface area contributed by atoms with Crippen molar-refractivity contribution in [2.75, 3.05) is 23.7 Å². The van der Waals surface area contributed by atoms with Crippen LogP contribution in [0.2, 0.25) is 0 Å². The van der Waals surface area contributed by atoms with Crippen molar-refractivity contribution in [1.82, 2.24) is 15.0 Å². The van der Waals surface area contributed by atoms with E-state index < -0.39 is 0 Å². The second-order valence-corrected chi connectivity index (χ2v) is 5.75. The van der Waals surface area contributed by atoms with Crippen LogP contribution < -0.4 is 15.4 Å². The van der Waals surface area contributed by atoms with Crippen molar-refractivity contribution < 1.29 is 4.74 Å². The first-order valence-corrected chi connectivity index (χ1v) is 8.12. The number of unbranched alkanes of at least 4 members (excludes halogenated alkanes) is 3. The Hall–Kier alpha value is -1.59. The first kappa shape index (κ1) is 15.8. The summed E-state index contributed by atoms with van der Waals surface area (Å²) in [5.41, 5.74) is 5.77. The minimum absolute atomic E-state index is 0.107. The Labute approximate surface area is 127 Å². The van der Waals surface area contributed by atoms with E-state index in [4.69, 9.17) is 10.5 Å². The summed E-state index contributed by atoms with van der Waals surface area (Å²) in [4.78, 5) is 14.8. The van der Waals surface area contributed by atoms with Gasteiger partial charge in [-0.2, -0.15) is 15.0 Å². The molecule has 1 atom stereocenters. The molecular weight excluding hydrogens is 266 g/mol. The van der Waals surface area contributed by atoms with Crippen molar-refractivity contribution in [2.24, 2.45) is 0 Å². The molecule has 0 radical (unpaired) electrons. The van der Waals surface area contributed by atoms with Crippen LogP contribution in [0.4, 0.5) is 11.9 Å². The molecule has 0 saturated carbocycles. The molecule has 1 saturated heterocycles. The van der Waals surface area contributed by atoms with Gasteiger partial charge >= 0.3 is 6.01 Å². The lowest BCUT2D eigenvalue weighted by atomic mass is 10.1. The number of hydrogen-bond donors (Lipinski definition) is 1. The summed E-state index contributed by atoms with van der Waals surface area (Å²) in [5.74, 6) is 0.883. The van der Waals surface area contributed by atoms with Crippen LogP contribution >= 0.6 is 0 Å². The summed E-state index contributed by atoms with van der Waals surface area (Å²) in [6.45, 7) is 6.24. The molecule has 0 amide bonds. The molecule has 0 aliphatic carbocycles. The minimum Gasteiger partial charge on any atom is -0.460 e. The zero-order valence-corrected chi connectivity index (χ0v) is 13.2. The number of nitrogens with two attached hydrogens (primary N) is 1. The van der Waals surface area contributed by atoms with Gasteiger partial charge in [-0.15, -0.1) is 0 Å². The third-order valence-electron chi connectivity index (χ3n) is 3.78. The number of aromatic nitrogens is 3. The van der Waals surface area contributed by atoms with Crippen LogP contribution in [0.1, 0.15) is 58.8 Å². The molecule has 1 aliphatic heterocycles. The Bertz CT molecular complexity index is 434. The lowest BCUT2D eigenvalue weighted by Gasteiger charge is -2.17. The van der Waals surface area contributed by atoms with E-state index in [1.807, 2.05) is 0 Å². The fraction of sp³-hybridized carbons (Fsp3) is 0.800. The Morgan fingerprint density at radius 2 is 1.90 bits per heavy atom. The van der Waals surface area contributed by atoms with Gasteiger partial charge in [0.15, 0.2) is 0 Å². The number of hydrogen-bond acceptors (Lipinski definition) is 6. The third kappa shape index (κ3) is 5.02. The second-order valence-electron chi connectivity index (χ2n) is 5.75. The van der Waals surface area contributed by atoms with Crippen LogP contribution in [-0.2, 0) is 0 Å². The van der Waals surface area contributed by atoms with Gasteiger partial charge in [-0.05, 0) is 32.6 Å². The summed E-state index contributed by atoms with van der Waals surface area (Å²) in [5, 5.41) is 0. The predicted octanol–water partition coefficient (Wildman–Crippen LogP) is 2.79. The average molecular weight is 293 g/mol. The maximum absolute atomic E-state index is 5.81. The molecular formula is C15H27N5O. The van der Waals surface area contributed by atoms with Crippen LogP contribution in [0.5, 0.6) is 6.01 Å². The van der Waals surface area contributed by atoms with E-state index in [-0.39, 0.29) is 12.1 Å². The summed E-state index contributed by atoms with van der Waals surface area (Å²) < 4.78 is 5.81. The molecule has 118 valence electrons. The van der Waals surface area contributed by atoms with E-state index in [9.17, 15) is 0 Å². The lowest BCUT2D eigenvalue weighted by Crippen LogP contribution is -2.22. The van der Waals surface area contributed by atoms with Crippen molar-refractivity contribution in [1.29, 1.82) is 0 Å². The molecule has 21 heavy (non-hydrogen) atoms. The normalized spacial score (nSPS) is 16.2. The summed E-state index contributed by atoms with van der Waals surface area (Å²) in [6, 6.07) is 0.354. The predicted molar refractivity (Wildman–Crippen MR) is 84.5 cm³/mol. The number of rotatable bonds is 8. The molecule has 0 aromatic carbocycles. The molecule has 0 spiro atoms.